The number of aromatic nitrogens is 3. The van der Waals surface area contributed by atoms with Crippen molar-refractivity contribution < 1.29 is 35.5 Å². The molecule has 35 heavy (non-hydrogen) atoms. The molecule has 182 valence electrons. The Hall–Kier alpha value is -4.00. The van der Waals surface area contributed by atoms with Gasteiger partial charge in [-0.1, -0.05) is 0 Å². The number of fused-ring (bicyclic) bond motifs is 1. The van der Waals surface area contributed by atoms with Crippen LogP contribution in [0, 0.1) is 5.82 Å². The number of ether oxygens (including phenoxy) is 1. The molecule has 2 aromatic carbocycles. The Balaban J connectivity index is 1.55. The number of nitrogens with zero attached hydrogens (tertiary/aromatic N) is 3. The molecule has 0 bridgehead atoms. The lowest BCUT2D eigenvalue weighted by atomic mass is 10.2. The van der Waals surface area contributed by atoms with Crippen LogP contribution in [-0.4, -0.2) is 35.2 Å². The van der Waals surface area contributed by atoms with E-state index in [0.29, 0.717) is 34.9 Å². The first-order chi connectivity index (χ1) is 16.4. The topological polar surface area (TPSA) is 103 Å². The molecular formula is C22H16F4N4O4S. The van der Waals surface area contributed by atoms with Crippen molar-refractivity contribution in [1.82, 2.24) is 14.5 Å². The van der Waals surface area contributed by atoms with Crippen LogP contribution < -0.4 is 10.1 Å². The van der Waals surface area contributed by atoms with E-state index >= 15 is 0 Å². The quantitative estimate of drug-likeness (QED) is 0.381. The SMILES string of the molecule is CS(=O)(=O)Cc1cc(Oc2ccc3c(ccn3C(=O)Nc3cc(C(F)(F)F)ccc3F)c2)ncn1. The van der Waals surface area contributed by atoms with Gasteiger partial charge in [-0.15, -0.1) is 0 Å². The van der Waals surface area contributed by atoms with Crippen LogP contribution >= 0.6 is 0 Å². The lowest BCUT2D eigenvalue weighted by Gasteiger charge is -2.12. The number of nitrogens with one attached hydrogen (secondary N) is 1. The van der Waals surface area contributed by atoms with Crippen molar-refractivity contribution in [3.8, 4) is 11.6 Å². The minimum atomic E-state index is -4.70. The van der Waals surface area contributed by atoms with Crippen molar-refractivity contribution in [3.05, 3.63) is 78.1 Å². The summed E-state index contributed by atoms with van der Waals surface area (Å²) in [6.07, 6.45) is -1.09. The fourth-order valence-electron chi connectivity index (χ4n) is 3.24. The average Bonchev–Trinajstić information content (AvgIpc) is 3.17. The second-order valence-electron chi connectivity index (χ2n) is 7.55. The maximum absolute atomic E-state index is 14.0. The van der Waals surface area contributed by atoms with Gasteiger partial charge in [0.1, 0.15) is 17.9 Å². The van der Waals surface area contributed by atoms with Gasteiger partial charge in [-0.2, -0.15) is 13.2 Å². The van der Waals surface area contributed by atoms with Crippen molar-refractivity contribution in [2.24, 2.45) is 0 Å². The smallest absolute Gasteiger partial charge is 0.416 e. The zero-order valence-corrected chi connectivity index (χ0v) is 18.7. The minimum absolute atomic E-state index is 0.107. The first-order valence-corrected chi connectivity index (χ1v) is 11.9. The fraction of sp³-hybridized carbons (Fsp3) is 0.136. The molecule has 0 saturated heterocycles. The maximum atomic E-state index is 14.0. The van der Waals surface area contributed by atoms with Crippen LogP contribution in [0.1, 0.15) is 11.3 Å². The summed E-state index contributed by atoms with van der Waals surface area (Å²) in [5, 5.41) is 2.68. The Labute approximate surface area is 196 Å². The molecule has 1 amide bonds. The average molecular weight is 508 g/mol. The van der Waals surface area contributed by atoms with Crippen LogP contribution in [-0.2, 0) is 21.8 Å². The van der Waals surface area contributed by atoms with Gasteiger partial charge >= 0.3 is 12.2 Å². The van der Waals surface area contributed by atoms with Crippen LogP contribution in [0.4, 0.5) is 28.0 Å². The van der Waals surface area contributed by atoms with E-state index in [2.05, 4.69) is 15.3 Å². The van der Waals surface area contributed by atoms with Gasteiger partial charge in [-0.3, -0.25) is 4.57 Å². The van der Waals surface area contributed by atoms with E-state index in [4.69, 9.17) is 4.74 Å². The van der Waals surface area contributed by atoms with E-state index < -0.39 is 39.1 Å². The molecule has 2 aromatic heterocycles. The zero-order valence-electron chi connectivity index (χ0n) is 17.9. The molecule has 0 saturated carbocycles. The molecule has 2 heterocycles. The number of amides is 1. The predicted octanol–water partition coefficient (Wildman–Crippen LogP) is 5.01. The molecular weight excluding hydrogens is 492 g/mol. The van der Waals surface area contributed by atoms with Crippen LogP contribution in [0.3, 0.4) is 0 Å². The third-order valence-electron chi connectivity index (χ3n) is 4.75. The monoisotopic (exact) mass is 508 g/mol. The molecule has 0 aliphatic carbocycles. The highest BCUT2D eigenvalue weighted by Crippen LogP contribution is 2.32. The molecule has 0 aliphatic rings. The van der Waals surface area contributed by atoms with Crippen molar-refractivity contribution in [2.75, 3.05) is 11.6 Å². The normalized spacial score (nSPS) is 12.0. The predicted molar refractivity (Wildman–Crippen MR) is 118 cm³/mol. The first-order valence-electron chi connectivity index (χ1n) is 9.85. The van der Waals surface area contributed by atoms with Crippen LogP contribution in [0.15, 0.2) is 61.1 Å². The maximum Gasteiger partial charge on any atom is 0.416 e. The van der Waals surface area contributed by atoms with Crippen LogP contribution in [0.5, 0.6) is 11.6 Å². The van der Waals surface area contributed by atoms with Gasteiger partial charge in [-0.25, -0.2) is 27.6 Å². The molecule has 8 nitrogen and oxygen atoms in total. The molecule has 0 atom stereocenters. The number of carbonyl (C=O) groups excluding carboxylic acids is 1. The Bertz CT molecular complexity index is 1530. The van der Waals surface area contributed by atoms with E-state index in [0.717, 1.165) is 10.8 Å². The third-order valence-corrected chi connectivity index (χ3v) is 5.57. The van der Waals surface area contributed by atoms with E-state index in [1.54, 1.807) is 12.1 Å². The van der Waals surface area contributed by atoms with Crippen LogP contribution in [0.2, 0.25) is 0 Å². The molecule has 0 unspecified atom stereocenters. The van der Waals surface area contributed by atoms with Crippen molar-refractivity contribution in [3.63, 3.8) is 0 Å². The first kappa shape index (κ1) is 24.1. The highest BCUT2D eigenvalue weighted by molar-refractivity contribution is 7.89. The number of rotatable bonds is 5. The van der Waals surface area contributed by atoms with Gasteiger partial charge in [0.05, 0.1) is 28.2 Å². The molecule has 0 radical (unpaired) electrons. The van der Waals surface area contributed by atoms with Gasteiger partial charge < -0.3 is 10.1 Å². The summed E-state index contributed by atoms with van der Waals surface area (Å²) in [5.41, 5.74) is -1.08. The number of alkyl halides is 3. The third kappa shape index (κ3) is 5.74. The highest BCUT2D eigenvalue weighted by atomic mass is 32.2. The van der Waals surface area contributed by atoms with Gasteiger partial charge in [0.15, 0.2) is 9.84 Å². The molecule has 4 rings (SSSR count). The summed E-state index contributed by atoms with van der Waals surface area (Å²) in [6.45, 7) is 0. The molecule has 0 aliphatic heterocycles. The number of carbonyl (C=O) groups is 1. The van der Waals surface area contributed by atoms with Crippen LogP contribution in [0.25, 0.3) is 10.9 Å². The summed E-state index contributed by atoms with van der Waals surface area (Å²) in [7, 11) is -3.30. The zero-order chi connectivity index (χ0) is 25.4. The Morgan fingerprint density at radius 1 is 1.09 bits per heavy atom. The largest absolute Gasteiger partial charge is 0.439 e. The Morgan fingerprint density at radius 2 is 1.86 bits per heavy atom. The summed E-state index contributed by atoms with van der Waals surface area (Å²) >= 11 is 0. The van der Waals surface area contributed by atoms with E-state index in [-0.39, 0.29) is 17.3 Å². The number of sulfone groups is 1. The van der Waals surface area contributed by atoms with E-state index in [9.17, 15) is 30.8 Å². The van der Waals surface area contributed by atoms with E-state index in [1.165, 1.54) is 30.7 Å². The number of hydrogen-bond donors (Lipinski definition) is 1. The standard InChI is InChI=1S/C22H16F4N4O4S/c1-35(32,33)11-15-10-20(28-12-27-15)34-16-3-5-19-13(8-16)6-7-30(19)21(31)29-18-9-14(22(24,25)26)2-4-17(18)23/h2-10,12H,11H2,1H3,(H,29,31). The van der Waals surface area contributed by atoms with E-state index in [1.807, 2.05) is 0 Å². The molecule has 0 spiro atoms. The summed E-state index contributed by atoms with van der Waals surface area (Å²) in [5.74, 6) is -0.868. The van der Waals surface area contributed by atoms with Gasteiger partial charge in [0.2, 0.25) is 5.88 Å². The van der Waals surface area contributed by atoms with Crippen molar-refractivity contribution >= 4 is 32.5 Å². The Kier molecular flexibility index (Phi) is 6.19. The summed E-state index contributed by atoms with van der Waals surface area (Å²) in [4.78, 5) is 20.5. The lowest BCUT2D eigenvalue weighted by molar-refractivity contribution is -0.137. The molecule has 0 fully saturated rings. The summed E-state index contributed by atoms with van der Waals surface area (Å²) in [6, 6.07) is 8.40. The molecule has 13 heteroatoms. The lowest BCUT2D eigenvalue weighted by Crippen LogP contribution is -2.19. The summed E-state index contributed by atoms with van der Waals surface area (Å²) < 4.78 is 82.4. The highest BCUT2D eigenvalue weighted by Gasteiger charge is 2.31. The van der Waals surface area contributed by atoms with Gasteiger partial charge in [-0.05, 0) is 42.5 Å². The minimum Gasteiger partial charge on any atom is -0.439 e. The number of halogens is 4. The van der Waals surface area contributed by atoms with Crippen molar-refractivity contribution in [2.45, 2.75) is 11.9 Å². The van der Waals surface area contributed by atoms with Crippen molar-refractivity contribution in [1.29, 1.82) is 0 Å². The van der Waals surface area contributed by atoms with Gasteiger partial charge in [0.25, 0.3) is 0 Å². The Morgan fingerprint density at radius 3 is 2.57 bits per heavy atom. The van der Waals surface area contributed by atoms with Gasteiger partial charge in [0, 0.05) is 23.9 Å². The fourth-order valence-corrected chi connectivity index (χ4v) is 3.93. The number of anilines is 1. The number of benzene rings is 2. The molecule has 1 N–H and O–H groups in total. The molecule has 4 aromatic rings. The second kappa shape index (κ2) is 8.98. The number of hydrogen-bond acceptors (Lipinski definition) is 6. The second-order valence-corrected chi connectivity index (χ2v) is 9.69.